The third-order valence-electron chi connectivity index (χ3n) is 2.70. The van der Waals surface area contributed by atoms with Crippen LogP contribution in [0.3, 0.4) is 0 Å². The van der Waals surface area contributed by atoms with Crippen molar-refractivity contribution in [3.05, 3.63) is 65.7 Å². The lowest BCUT2D eigenvalue weighted by atomic mass is 10.3. The molecule has 0 aliphatic rings. The zero-order valence-corrected chi connectivity index (χ0v) is 13.3. The van der Waals surface area contributed by atoms with Gasteiger partial charge in [-0.15, -0.1) is 0 Å². The summed E-state index contributed by atoms with van der Waals surface area (Å²) in [7, 11) is 0. The summed E-state index contributed by atoms with van der Waals surface area (Å²) in [5, 5.41) is 2.72. The minimum Gasteiger partial charge on any atom is -0.452 e. The minimum atomic E-state index is -0.340. The number of aromatic nitrogens is 4. The molecule has 1 amide bonds. The number of anilines is 1. The van der Waals surface area contributed by atoms with E-state index in [0.29, 0.717) is 22.9 Å². The third-order valence-corrected chi connectivity index (χ3v) is 3.19. The Hall–Kier alpha value is -2.87. The summed E-state index contributed by atoms with van der Waals surface area (Å²) in [5.41, 5.74) is 0.785. The average Bonchev–Trinajstić information content (AvgIpc) is 2.56. The highest BCUT2D eigenvalue weighted by molar-refractivity contribution is 9.10. The molecule has 0 saturated carbocycles. The summed E-state index contributed by atoms with van der Waals surface area (Å²) in [6.45, 7) is 0. The van der Waals surface area contributed by atoms with Gasteiger partial charge in [-0.2, -0.15) is 0 Å². The number of rotatable bonds is 4. The smallest absolute Gasteiger partial charge is 0.274 e. The van der Waals surface area contributed by atoms with Crippen LogP contribution in [-0.2, 0) is 0 Å². The van der Waals surface area contributed by atoms with Crippen LogP contribution in [0.15, 0.2) is 60.0 Å². The number of hydrogen-bond donors (Lipinski definition) is 1. The van der Waals surface area contributed by atoms with E-state index in [1.54, 1.807) is 24.4 Å². The molecule has 0 aromatic carbocycles. The first-order valence-corrected chi connectivity index (χ1v) is 7.31. The molecule has 0 fully saturated rings. The Morgan fingerprint density at radius 3 is 2.61 bits per heavy atom. The van der Waals surface area contributed by atoms with Gasteiger partial charge in [-0.1, -0.05) is 15.9 Å². The molecule has 0 bridgehead atoms. The van der Waals surface area contributed by atoms with Gasteiger partial charge in [0, 0.05) is 16.7 Å². The van der Waals surface area contributed by atoms with Crippen LogP contribution >= 0.6 is 15.9 Å². The SMILES string of the molecule is O=C(Nc1cncc(Oc2cncnc2)c1)c1cc(Br)ccn1. The van der Waals surface area contributed by atoms with Crippen LogP contribution < -0.4 is 10.1 Å². The molecule has 0 spiro atoms. The number of halogens is 1. The minimum absolute atomic E-state index is 0.294. The predicted octanol–water partition coefficient (Wildman–Crippen LogP) is 3.07. The highest BCUT2D eigenvalue weighted by Gasteiger charge is 2.09. The van der Waals surface area contributed by atoms with Crippen LogP contribution in [-0.4, -0.2) is 25.8 Å². The molecule has 3 aromatic heterocycles. The van der Waals surface area contributed by atoms with Crippen molar-refractivity contribution in [1.29, 1.82) is 0 Å². The van der Waals surface area contributed by atoms with Crippen LogP contribution in [0, 0.1) is 0 Å². The maximum Gasteiger partial charge on any atom is 0.274 e. The standard InChI is InChI=1S/C15H10BrN5O2/c16-10-1-2-20-14(3-10)15(22)21-11-4-12(6-17-5-11)23-13-7-18-9-19-8-13/h1-9H,(H,21,22). The van der Waals surface area contributed by atoms with Crippen molar-refractivity contribution in [2.24, 2.45) is 0 Å². The van der Waals surface area contributed by atoms with Gasteiger partial charge in [0.2, 0.25) is 0 Å². The number of amides is 1. The fraction of sp³-hybridized carbons (Fsp3) is 0. The molecule has 0 atom stereocenters. The lowest BCUT2D eigenvalue weighted by Crippen LogP contribution is -2.13. The summed E-state index contributed by atoms with van der Waals surface area (Å²) < 4.78 is 6.34. The van der Waals surface area contributed by atoms with Crippen molar-refractivity contribution in [3.63, 3.8) is 0 Å². The Labute approximate surface area is 139 Å². The van der Waals surface area contributed by atoms with Crippen molar-refractivity contribution >= 4 is 27.5 Å². The zero-order chi connectivity index (χ0) is 16.1. The number of nitrogens with zero attached hydrogens (tertiary/aromatic N) is 4. The van der Waals surface area contributed by atoms with Crippen molar-refractivity contribution in [3.8, 4) is 11.5 Å². The Morgan fingerprint density at radius 1 is 1.04 bits per heavy atom. The number of ether oxygens (including phenoxy) is 1. The number of carbonyl (C=O) groups excluding carboxylic acids is 1. The van der Waals surface area contributed by atoms with Gasteiger partial charge in [0.1, 0.15) is 17.8 Å². The largest absolute Gasteiger partial charge is 0.452 e. The molecule has 114 valence electrons. The van der Waals surface area contributed by atoms with Crippen LogP contribution in [0.25, 0.3) is 0 Å². The predicted molar refractivity (Wildman–Crippen MR) is 86.2 cm³/mol. The third kappa shape index (κ3) is 4.07. The van der Waals surface area contributed by atoms with Crippen molar-refractivity contribution in [2.45, 2.75) is 0 Å². The van der Waals surface area contributed by atoms with Crippen LogP contribution in [0.5, 0.6) is 11.5 Å². The molecule has 0 radical (unpaired) electrons. The highest BCUT2D eigenvalue weighted by atomic mass is 79.9. The average molecular weight is 372 g/mol. The van der Waals surface area contributed by atoms with Crippen LogP contribution in [0.1, 0.15) is 10.5 Å². The lowest BCUT2D eigenvalue weighted by Gasteiger charge is -2.07. The molecule has 0 saturated heterocycles. The zero-order valence-electron chi connectivity index (χ0n) is 11.7. The second-order valence-corrected chi connectivity index (χ2v) is 5.31. The van der Waals surface area contributed by atoms with Crippen molar-refractivity contribution in [1.82, 2.24) is 19.9 Å². The molecule has 0 aliphatic heterocycles. The number of nitrogens with one attached hydrogen (secondary N) is 1. The Balaban J connectivity index is 1.74. The van der Waals surface area contributed by atoms with E-state index >= 15 is 0 Å². The van der Waals surface area contributed by atoms with Gasteiger partial charge in [0.15, 0.2) is 5.75 Å². The van der Waals surface area contributed by atoms with Crippen LogP contribution in [0.2, 0.25) is 0 Å². The molecule has 3 rings (SSSR count). The monoisotopic (exact) mass is 371 g/mol. The fourth-order valence-electron chi connectivity index (χ4n) is 1.74. The van der Waals surface area contributed by atoms with E-state index in [1.165, 1.54) is 31.1 Å². The molecule has 1 N–H and O–H groups in total. The summed E-state index contributed by atoms with van der Waals surface area (Å²) in [6, 6.07) is 5.02. The van der Waals surface area contributed by atoms with Crippen molar-refractivity contribution in [2.75, 3.05) is 5.32 Å². The van der Waals surface area contributed by atoms with Gasteiger partial charge in [-0.05, 0) is 12.1 Å². The number of carbonyl (C=O) groups is 1. The topological polar surface area (TPSA) is 89.9 Å². The number of pyridine rings is 2. The van der Waals surface area contributed by atoms with Gasteiger partial charge in [-0.3, -0.25) is 14.8 Å². The Morgan fingerprint density at radius 2 is 1.83 bits per heavy atom. The molecular weight excluding hydrogens is 362 g/mol. The first-order chi connectivity index (χ1) is 11.2. The summed E-state index contributed by atoms with van der Waals surface area (Å²) in [5.74, 6) is 0.597. The van der Waals surface area contributed by atoms with Crippen molar-refractivity contribution < 1.29 is 9.53 Å². The van der Waals surface area contributed by atoms with E-state index in [-0.39, 0.29) is 5.91 Å². The molecule has 0 aliphatic carbocycles. The Kier molecular flexibility index (Phi) is 4.53. The van der Waals surface area contributed by atoms with E-state index in [4.69, 9.17) is 4.74 Å². The van der Waals surface area contributed by atoms with Gasteiger partial charge in [-0.25, -0.2) is 9.97 Å². The van der Waals surface area contributed by atoms with E-state index in [0.717, 1.165) is 4.47 Å². The number of hydrogen-bond acceptors (Lipinski definition) is 6. The van der Waals surface area contributed by atoms with Gasteiger partial charge >= 0.3 is 0 Å². The molecule has 3 aromatic rings. The van der Waals surface area contributed by atoms with Gasteiger partial charge < -0.3 is 10.1 Å². The fourth-order valence-corrected chi connectivity index (χ4v) is 2.08. The van der Waals surface area contributed by atoms with Gasteiger partial charge in [0.25, 0.3) is 5.91 Å². The molecule has 3 heterocycles. The van der Waals surface area contributed by atoms with E-state index in [1.807, 2.05) is 0 Å². The molecular formula is C15H10BrN5O2. The summed E-state index contributed by atoms with van der Waals surface area (Å²) >= 11 is 3.30. The first-order valence-electron chi connectivity index (χ1n) is 6.51. The Bertz CT molecular complexity index is 829. The normalized spacial score (nSPS) is 10.1. The van der Waals surface area contributed by atoms with E-state index in [2.05, 4.69) is 41.2 Å². The van der Waals surface area contributed by atoms with E-state index < -0.39 is 0 Å². The van der Waals surface area contributed by atoms with Crippen LogP contribution in [0.4, 0.5) is 5.69 Å². The lowest BCUT2D eigenvalue weighted by molar-refractivity contribution is 0.102. The maximum atomic E-state index is 12.2. The van der Waals surface area contributed by atoms with Gasteiger partial charge in [0.05, 0.1) is 30.5 Å². The maximum absolute atomic E-state index is 12.2. The molecule has 0 unspecified atom stereocenters. The van der Waals surface area contributed by atoms with E-state index in [9.17, 15) is 4.79 Å². The first kappa shape index (κ1) is 15.0. The molecule has 7 nitrogen and oxygen atoms in total. The summed E-state index contributed by atoms with van der Waals surface area (Å²) in [4.78, 5) is 27.9. The highest BCUT2D eigenvalue weighted by Crippen LogP contribution is 2.22. The molecule has 23 heavy (non-hydrogen) atoms. The molecule has 8 heteroatoms. The second-order valence-electron chi connectivity index (χ2n) is 4.40. The summed E-state index contributed by atoms with van der Waals surface area (Å²) in [6.07, 6.45) is 9.07. The quantitative estimate of drug-likeness (QED) is 0.757. The second kappa shape index (κ2) is 6.93.